The fourth-order valence-corrected chi connectivity index (χ4v) is 3.85. The van der Waals surface area contributed by atoms with Crippen LogP contribution in [-0.4, -0.2) is 36.1 Å². The van der Waals surface area contributed by atoms with Crippen molar-refractivity contribution in [1.29, 1.82) is 0 Å². The lowest BCUT2D eigenvalue weighted by Gasteiger charge is -2.26. The molecule has 0 saturated carbocycles. The first-order chi connectivity index (χ1) is 9.52. The van der Waals surface area contributed by atoms with Crippen LogP contribution in [0.1, 0.15) is 26.5 Å². The van der Waals surface area contributed by atoms with Crippen LogP contribution in [0.5, 0.6) is 0 Å². The summed E-state index contributed by atoms with van der Waals surface area (Å²) in [5, 5.41) is 0. The zero-order chi connectivity index (χ0) is 16.4. The molecule has 1 heterocycles. The number of aryl methyl sites for hydroxylation is 1. The molecule has 1 aromatic heterocycles. The second-order valence-corrected chi connectivity index (χ2v) is 7.00. The Hall–Kier alpha value is -0.730. The van der Waals surface area contributed by atoms with Gasteiger partial charge in [-0.15, -0.1) is 11.6 Å². The Morgan fingerprint density at radius 3 is 2.29 bits per heavy atom. The Kier molecular flexibility index (Phi) is 5.74. The van der Waals surface area contributed by atoms with Crippen LogP contribution < -0.4 is 0 Å². The zero-order valence-electron chi connectivity index (χ0n) is 12.0. The summed E-state index contributed by atoms with van der Waals surface area (Å²) in [6.07, 6.45) is -3.28. The number of hydrogen-bond acceptors (Lipinski definition) is 2. The van der Waals surface area contributed by atoms with Gasteiger partial charge in [-0.25, -0.2) is 8.42 Å². The molecule has 0 aromatic carbocycles. The minimum atomic E-state index is -4.60. The molecule has 0 amide bonds. The molecule has 1 aromatic rings. The van der Waals surface area contributed by atoms with Gasteiger partial charge in [0.05, 0.1) is 5.88 Å². The summed E-state index contributed by atoms with van der Waals surface area (Å²) in [5.41, 5.74) is 0.549. The predicted octanol–water partition coefficient (Wildman–Crippen LogP) is 3.21. The van der Waals surface area contributed by atoms with Gasteiger partial charge in [-0.2, -0.15) is 17.5 Å². The molecule has 9 heteroatoms. The number of hydrogen-bond donors (Lipinski definition) is 0. The van der Waals surface area contributed by atoms with Crippen molar-refractivity contribution in [2.45, 2.75) is 50.3 Å². The fourth-order valence-electron chi connectivity index (χ4n) is 1.93. The maximum atomic E-state index is 12.6. The van der Waals surface area contributed by atoms with Crippen molar-refractivity contribution < 1.29 is 21.6 Å². The van der Waals surface area contributed by atoms with Gasteiger partial charge in [-0.1, -0.05) is 0 Å². The van der Waals surface area contributed by atoms with Gasteiger partial charge in [-0.3, -0.25) is 0 Å². The lowest BCUT2D eigenvalue weighted by atomic mass is 10.4. The first-order valence-corrected chi connectivity index (χ1v) is 8.34. The molecule has 122 valence electrons. The molecular weight excluding hydrogens is 329 g/mol. The highest BCUT2D eigenvalue weighted by molar-refractivity contribution is 7.89. The van der Waals surface area contributed by atoms with Gasteiger partial charge in [-0.05, 0) is 26.8 Å². The van der Waals surface area contributed by atoms with Gasteiger partial charge >= 0.3 is 6.18 Å². The number of aromatic nitrogens is 1. The standard InChI is InChI=1S/C12H18ClF3N2O2S/c1-4-17-7-11(5-10(17)6-13)21(19,20)18(9(2)3)8-12(14,15)16/h5,7,9H,4,6,8H2,1-3H3. The maximum Gasteiger partial charge on any atom is 0.402 e. The molecule has 0 aliphatic rings. The van der Waals surface area contributed by atoms with E-state index < -0.39 is 28.8 Å². The van der Waals surface area contributed by atoms with E-state index >= 15 is 0 Å². The van der Waals surface area contributed by atoms with E-state index in [-0.39, 0.29) is 10.8 Å². The van der Waals surface area contributed by atoms with E-state index in [1.807, 2.05) is 0 Å². The van der Waals surface area contributed by atoms with Gasteiger partial charge in [0.1, 0.15) is 11.4 Å². The summed E-state index contributed by atoms with van der Waals surface area (Å²) in [6, 6.07) is 0.512. The summed E-state index contributed by atoms with van der Waals surface area (Å²) in [5.74, 6) is 0.0876. The molecule has 0 fully saturated rings. The van der Waals surface area contributed by atoms with E-state index in [2.05, 4.69) is 0 Å². The van der Waals surface area contributed by atoms with E-state index in [9.17, 15) is 21.6 Å². The first-order valence-electron chi connectivity index (χ1n) is 6.36. The van der Waals surface area contributed by atoms with Gasteiger partial charge in [0.25, 0.3) is 0 Å². The highest BCUT2D eigenvalue weighted by Crippen LogP contribution is 2.26. The van der Waals surface area contributed by atoms with Crippen LogP contribution in [0.2, 0.25) is 0 Å². The van der Waals surface area contributed by atoms with E-state index in [1.165, 1.54) is 26.1 Å². The zero-order valence-corrected chi connectivity index (χ0v) is 13.6. The van der Waals surface area contributed by atoms with E-state index in [0.717, 1.165) is 0 Å². The third kappa shape index (κ3) is 4.37. The summed E-state index contributed by atoms with van der Waals surface area (Å²) in [7, 11) is -4.22. The van der Waals surface area contributed by atoms with Crippen molar-refractivity contribution in [3.8, 4) is 0 Å². The lowest BCUT2D eigenvalue weighted by molar-refractivity contribution is -0.138. The molecule has 0 N–H and O–H groups in total. The summed E-state index contributed by atoms with van der Waals surface area (Å²) in [6.45, 7) is 3.58. The molecule has 21 heavy (non-hydrogen) atoms. The molecule has 0 radical (unpaired) electrons. The predicted molar refractivity (Wildman–Crippen MR) is 74.7 cm³/mol. The van der Waals surface area contributed by atoms with Crippen LogP contribution in [0.3, 0.4) is 0 Å². The van der Waals surface area contributed by atoms with Gasteiger partial charge in [0.2, 0.25) is 10.0 Å². The molecule has 0 aliphatic carbocycles. The topological polar surface area (TPSA) is 42.3 Å². The number of rotatable bonds is 6. The van der Waals surface area contributed by atoms with Gasteiger partial charge < -0.3 is 4.57 Å². The summed E-state index contributed by atoms with van der Waals surface area (Å²) >= 11 is 5.71. The van der Waals surface area contributed by atoms with Crippen LogP contribution in [-0.2, 0) is 22.4 Å². The first kappa shape index (κ1) is 18.3. The van der Waals surface area contributed by atoms with Crippen LogP contribution >= 0.6 is 11.6 Å². The number of alkyl halides is 4. The van der Waals surface area contributed by atoms with Gasteiger partial charge in [0, 0.05) is 24.5 Å². The quantitative estimate of drug-likeness (QED) is 0.742. The van der Waals surface area contributed by atoms with Crippen LogP contribution in [0.25, 0.3) is 0 Å². The average molecular weight is 347 g/mol. The normalized spacial score (nSPS) is 13.4. The molecule has 0 saturated heterocycles. The third-order valence-electron chi connectivity index (χ3n) is 2.96. The number of halogens is 4. The summed E-state index contributed by atoms with van der Waals surface area (Å²) < 4.78 is 64.7. The molecule has 0 spiro atoms. The Labute approximate surface area is 127 Å². The maximum absolute atomic E-state index is 12.6. The van der Waals surface area contributed by atoms with E-state index in [4.69, 9.17) is 11.6 Å². The van der Waals surface area contributed by atoms with Crippen LogP contribution in [0, 0.1) is 0 Å². The second kappa shape index (κ2) is 6.58. The van der Waals surface area contributed by atoms with E-state index in [0.29, 0.717) is 16.5 Å². The highest BCUT2D eigenvalue weighted by Gasteiger charge is 2.39. The molecule has 0 bridgehead atoms. The van der Waals surface area contributed by atoms with Crippen LogP contribution in [0.15, 0.2) is 17.2 Å². The van der Waals surface area contributed by atoms with Crippen molar-refractivity contribution in [1.82, 2.24) is 8.87 Å². The average Bonchev–Trinajstić information content (AvgIpc) is 2.78. The highest BCUT2D eigenvalue weighted by atomic mass is 35.5. The smallest absolute Gasteiger partial charge is 0.349 e. The second-order valence-electron chi connectivity index (χ2n) is 4.85. The monoisotopic (exact) mass is 346 g/mol. The number of nitrogens with zero attached hydrogens (tertiary/aromatic N) is 2. The summed E-state index contributed by atoms with van der Waals surface area (Å²) in [4.78, 5) is -0.169. The van der Waals surface area contributed by atoms with Crippen molar-refractivity contribution >= 4 is 21.6 Å². The molecule has 4 nitrogen and oxygen atoms in total. The lowest BCUT2D eigenvalue weighted by Crippen LogP contribution is -2.43. The SMILES string of the molecule is CCn1cc(S(=O)(=O)N(CC(F)(F)F)C(C)C)cc1CCl. The molecule has 1 rings (SSSR count). The van der Waals surface area contributed by atoms with Crippen molar-refractivity contribution in [2.75, 3.05) is 6.54 Å². The molecule has 0 atom stereocenters. The number of sulfonamides is 1. The molecule has 0 aliphatic heterocycles. The van der Waals surface area contributed by atoms with Crippen LogP contribution in [0.4, 0.5) is 13.2 Å². The van der Waals surface area contributed by atoms with E-state index in [1.54, 1.807) is 11.5 Å². The minimum Gasteiger partial charge on any atom is -0.349 e. The Bertz CT molecular complexity index is 560. The minimum absolute atomic E-state index is 0.0876. The Morgan fingerprint density at radius 1 is 1.38 bits per heavy atom. The Morgan fingerprint density at radius 2 is 1.95 bits per heavy atom. The van der Waals surface area contributed by atoms with Crippen molar-refractivity contribution in [2.24, 2.45) is 0 Å². The van der Waals surface area contributed by atoms with Gasteiger partial charge in [0.15, 0.2) is 0 Å². The van der Waals surface area contributed by atoms with Crippen molar-refractivity contribution in [3.63, 3.8) is 0 Å². The fraction of sp³-hybridized carbons (Fsp3) is 0.667. The van der Waals surface area contributed by atoms with Crippen molar-refractivity contribution in [3.05, 3.63) is 18.0 Å². The Balaban J connectivity index is 3.26. The molecular formula is C12H18ClF3N2O2S. The molecule has 0 unspecified atom stereocenters. The third-order valence-corrected chi connectivity index (χ3v) is 5.22. The largest absolute Gasteiger partial charge is 0.402 e.